The maximum atomic E-state index is 9.19. The van der Waals surface area contributed by atoms with Crippen LogP contribution in [-0.4, -0.2) is 5.75 Å². The molecule has 0 fully saturated rings. The molecule has 2 heteroatoms. The zero-order valence-electron chi connectivity index (χ0n) is 10.8. The van der Waals surface area contributed by atoms with Crippen LogP contribution in [0.2, 0.25) is 0 Å². The van der Waals surface area contributed by atoms with E-state index in [0.717, 1.165) is 11.1 Å². The Kier molecular flexibility index (Phi) is 4.83. The van der Waals surface area contributed by atoms with E-state index in [-0.39, 0.29) is 0 Å². The number of nitriles is 1. The zero-order valence-corrected chi connectivity index (χ0v) is 11.7. The van der Waals surface area contributed by atoms with Crippen molar-refractivity contribution >= 4 is 17.8 Å². The van der Waals surface area contributed by atoms with Crippen LogP contribution in [-0.2, 0) is 0 Å². The molecule has 0 aliphatic heterocycles. The van der Waals surface area contributed by atoms with Gasteiger partial charge in [-0.3, -0.25) is 0 Å². The summed E-state index contributed by atoms with van der Waals surface area (Å²) in [4.78, 5) is 1.19. The maximum absolute atomic E-state index is 9.19. The number of benzene rings is 2. The molecule has 0 unspecified atom stereocenters. The Balaban J connectivity index is 2.04. The Hall–Kier alpha value is -1.98. The van der Waals surface area contributed by atoms with E-state index in [1.165, 1.54) is 10.5 Å². The van der Waals surface area contributed by atoms with Crippen molar-refractivity contribution in [3.63, 3.8) is 0 Å². The third-order valence-corrected chi connectivity index (χ3v) is 3.76. The van der Waals surface area contributed by atoms with Crippen LogP contribution in [0.25, 0.3) is 6.08 Å². The number of aryl methyl sites for hydroxylation is 1. The average molecular weight is 265 g/mol. The van der Waals surface area contributed by atoms with Gasteiger partial charge >= 0.3 is 0 Å². The first-order valence-electron chi connectivity index (χ1n) is 6.13. The van der Waals surface area contributed by atoms with Crippen molar-refractivity contribution in [1.29, 1.82) is 5.26 Å². The van der Waals surface area contributed by atoms with Crippen LogP contribution >= 0.6 is 11.8 Å². The largest absolute Gasteiger partial charge is 0.193 e. The molecule has 0 aliphatic rings. The highest BCUT2D eigenvalue weighted by Gasteiger charge is 1.99. The Morgan fingerprint density at radius 1 is 1.11 bits per heavy atom. The van der Waals surface area contributed by atoms with Crippen molar-refractivity contribution in [3.05, 3.63) is 71.3 Å². The minimum Gasteiger partial charge on any atom is -0.193 e. The molecule has 0 bridgehead atoms. The lowest BCUT2D eigenvalue weighted by Gasteiger charge is -2.01. The standard InChI is InChI=1S/C17H15NS/c1-14-7-9-15(10-8-14)11-16(12-18)13-19-17-5-3-2-4-6-17/h2-11H,13H2,1H3/b16-11+. The third-order valence-electron chi connectivity index (χ3n) is 2.70. The molecule has 19 heavy (non-hydrogen) atoms. The monoisotopic (exact) mass is 265 g/mol. The number of thioether (sulfide) groups is 1. The Labute approximate surface area is 118 Å². The quantitative estimate of drug-likeness (QED) is 0.591. The lowest BCUT2D eigenvalue weighted by molar-refractivity contribution is 1.42. The SMILES string of the molecule is Cc1ccc(/C=C(\C#N)CSc2ccccc2)cc1. The minimum atomic E-state index is 0.703. The van der Waals surface area contributed by atoms with Crippen molar-refractivity contribution in [3.8, 4) is 6.07 Å². The van der Waals surface area contributed by atoms with Gasteiger partial charge in [-0.2, -0.15) is 5.26 Å². The minimum absolute atomic E-state index is 0.703. The molecule has 94 valence electrons. The summed E-state index contributed by atoms with van der Waals surface area (Å²) in [6.07, 6.45) is 1.95. The molecule has 0 saturated heterocycles. The van der Waals surface area contributed by atoms with Crippen LogP contribution in [0.3, 0.4) is 0 Å². The smallest absolute Gasteiger partial charge is 0.0956 e. The highest BCUT2D eigenvalue weighted by Crippen LogP contribution is 2.21. The molecule has 1 nitrogen and oxygen atoms in total. The van der Waals surface area contributed by atoms with E-state index in [9.17, 15) is 5.26 Å². The molecular formula is C17H15NS. The fourth-order valence-corrected chi connectivity index (χ4v) is 2.47. The molecule has 0 heterocycles. The first-order valence-corrected chi connectivity index (χ1v) is 7.11. The number of hydrogen-bond acceptors (Lipinski definition) is 2. The van der Waals surface area contributed by atoms with E-state index in [4.69, 9.17) is 0 Å². The number of hydrogen-bond donors (Lipinski definition) is 0. The molecule has 0 N–H and O–H groups in total. The third kappa shape index (κ3) is 4.31. The molecule has 2 aromatic rings. The van der Waals surface area contributed by atoms with Gasteiger partial charge in [-0.25, -0.2) is 0 Å². The Bertz CT molecular complexity index is 591. The van der Waals surface area contributed by atoms with E-state index in [1.54, 1.807) is 11.8 Å². The predicted octanol–water partition coefficient (Wildman–Crippen LogP) is 4.69. The van der Waals surface area contributed by atoms with E-state index in [1.807, 2.05) is 36.4 Å². The van der Waals surface area contributed by atoms with Gasteiger partial charge in [0.2, 0.25) is 0 Å². The highest BCUT2D eigenvalue weighted by molar-refractivity contribution is 7.99. The molecule has 0 amide bonds. The fraction of sp³-hybridized carbons (Fsp3) is 0.118. The van der Waals surface area contributed by atoms with Crippen LogP contribution < -0.4 is 0 Å². The topological polar surface area (TPSA) is 23.8 Å². The average Bonchev–Trinajstić information content (AvgIpc) is 2.46. The lowest BCUT2D eigenvalue weighted by Crippen LogP contribution is -1.85. The highest BCUT2D eigenvalue weighted by atomic mass is 32.2. The van der Waals surface area contributed by atoms with Crippen LogP contribution in [0.5, 0.6) is 0 Å². The molecule has 2 rings (SSSR count). The summed E-state index contributed by atoms with van der Waals surface area (Å²) in [5.41, 5.74) is 3.10. The van der Waals surface area contributed by atoms with E-state index in [0.29, 0.717) is 5.75 Å². The summed E-state index contributed by atoms with van der Waals surface area (Å²) in [6, 6.07) is 20.6. The summed E-state index contributed by atoms with van der Waals surface area (Å²) in [6.45, 7) is 2.06. The van der Waals surface area contributed by atoms with Gasteiger partial charge in [0.15, 0.2) is 0 Å². The number of nitrogens with zero attached hydrogens (tertiary/aromatic N) is 1. The molecule has 0 radical (unpaired) electrons. The molecule has 0 aromatic heterocycles. The second-order valence-corrected chi connectivity index (χ2v) is 5.34. The second kappa shape index (κ2) is 6.82. The first-order chi connectivity index (χ1) is 9.28. The van der Waals surface area contributed by atoms with Gasteiger partial charge in [0.05, 0.1) is 6.07 Å². The normalized spacial score (nSPS) is 11.1. The summed E-state index contributed by atoms with van der Waals surface area (Å²) in [5.74, 6) is 0.703. The lowest BCUT2D eigenvalue weighted by atomic mass is 10.1. The molecule has 0 aliphatic carbocycles. The molecule has 2 aromatic carbocycles. The van der Waals surface area contributed by atoms with Crippen molar-refractivity contribution in [2.45, 2.75) is 11.8 Å². The van der Waals surface area contributed by atoms with Gasteiger partial charge in [0.25, 0.3) is 0 Å². The van der Waals surface area contributed by atoms with Gasteiger partial charge in [0, 0.05) is 16.2 Å². The molecular weight excluding hydrogens is 250 g/mol. The van der Waals surface area contributed by atoms with E-state index in [2.05, 4.69) is 37.3 Å². The summed E-state index contributed by atoms with van der Waals surface area (Å²) in [7, 11) is 0. The van der Waals surface area contributed by atoms with Crippen molar-refractivity contribution in [1.82, 2.24) is 0 Å². The zero-order chi connectivity index (χ0) is 13.5. The van der Waals surface area contributed by atoms with Gasteiger partial charge in [0.1, 0.15) is 0 Å². The van der Waals surface area contributed by atoms with Crippen LogP contribution in [0, 0.1) is 18.3 Å². The van der Waals surface area contributed by atoms with Crippen LogP contribution in [0.1, 0.15) is 11.1 Å². The van der Waals surface area contributed by atoms with Crippen LogP contribution in [0.4, 0.5) is 0 Å². The molecule has 0 spiro atoms. The van der Waals surface area contributed by atoms with Gasteiger partial charge in [-0.15, -0.1) is 11.8 Å². The summed E-state index contributed by atoms with van der Waals surface area (Å²) >= 11 is 1.68. The number of rotatable bonds is 4. The van der Waals surface area contributed by atoms with Gasteiger partial charge < -0.3 is 0 Å². The summed E-state index contributed by atoms with van der Waals surface area (Å²) < 4.78 is 0. The van der Waals surface area contributed by atoms with E-state index >= 15 is 0 Å². The van der Waals surface area contributed by atoms with Gasteiger partial charge in [-0.1, -0.05) is 48.0 Å². The Morgan fingerprint density at radius 3 is 2.42 bits per heavy atom. The van der Waals surface area contributed by atoms with Crippen molar-refractivity contribution < 1.29 is 0 Å². The predicted molar refractivity (Wildman–Crippen MR) is 81.9 cm³/mol. The van der Waals surface area contributed by atoms with E-state index < -0.39 is 0 Å². The van der Waals surface area contributed by atoms with Crippen LogP contribution in [0.15, 0.2) is 65.1 Å². The van der Waals surface area contributed by atoms with Gasteiger partial charge in [-0.05, 0) is 30.7 Å². The first kappa shape index (κ1) is 13.5. The summed E-state index contributed by atoms with van der Waals surface area (Å²) in [5, 5.41) is 9.19. The fourth-order valence-electron chi connectivity index (χ4n) is 1.65. The second-order valence-electron chi connectivity index (χ2n) is 4.29. The Morgan fingerprint density at radius 2 is 1.79 bits per heavy atom. The molecule has 0 saturated carbocycles. The maximum Gasteiger partial charge on any atom is 0.0956 e. The molecule has 0 atom stereocenters. The van der Waals surface area contributed by atoms with Crippen molar-refractivity contribution in [2.24, 2.45) is 0 Å². The van der Waals surface area contributed by atoms with Crippen molar-refractivity contribution in [2.75, 3.05) is 5.75 Å².